The predicted molar refractivity (Wildman–Crippen MR) is 149 cm³/mol. The van der Waals surface area contributed by atoms with Crippen molar-refractivity contribution in [2.24, 2.45) is 0 Å². The third-order valence-corrected chi connectivity index (χ3v) is 8.20. The second-order valence-electron chi connectivity index (χ2n) is 10.2. The lowest BCUT2D eigenvalue weighted by atomic mass is 10.1. The number of carbonyl (C=O) groups excluding carboxylic acids is 2. The van der Waals surface area contributed by atoms with Crippen LogP contribution in [0.1, 0.15) is 55.4 Å². The molecule has 0 spiro atoms. The lowest BCUT2D eigenvalue weighted by molar-refractivity contribution is -0.129. The highest BCUT2D eigenvalue weighted by molar-refractivity contribution is 7.14. The average molecular weight is 559 g/mol. The number of amides is 2. The quantitative estimate of drug-likeness (QED) is 0.275. The minimum atomic E-state index is -0.0652. The van der Waals surface area contributed by atoms with Gasteiger partial charge in [-0.15, -0.1) is 10.2 Å². The lowest BCUT2D eigenvalue weighted by Crippen LogP contribution is -2.27. The topological polar surface area (TPSA) is 115 Å². The van der Waals surface area contributed by atoms with Crippen molar-refractivity contribution >= 4 is 23.2 Å². The number of hydrogen-bond donors (Lipinski definition) is 0. The number of hydrogen-bond acceptors (Lipinski definition) is 9. The van der Waals surface area contributed by atoms with Gasteiger partial charge in [0.05, 0.1) is 0 Å². The number of rotatable bonds is 9. The van der Waals surface area contributed by atoms with E-state index in [9.17, 15) is 9.59 Å². The van der Waals surface area contributed by atoms with E-state index in [4.69, 9.17) is 9.26 Å². The summed E-state index contributed by atoms with van der Waals surface area (Å²) >= 11 is 1.54. The number of likely N-dealkylation sites (tertiary alicyclic amines) is 1. The minimum absolute atomic E-state index is 0.0119. The average Bonchev–Trinajstić information content (AvgIpc) is 3.30. The van der Waals surface area contributed by atoms with E-state index in [1.807, 2.05) is 61.2 Å². The standard InChI is InChI=1S/C29H30N6O4S/c1-4-34(18(3)36)15-21-6-5-20(28-30-27(33-39-28)22-14-26(37)35(16-22)23-9-10-23)13-25(21)38-24-11-7-19(8-12-24)29-32-31-17(2)40-29/h5-8,11-13,22-23H,4,9-10,14-16H2,1-3H3/t22-/m0/s1. The van der Waals surface area contributed by atoms with E-state index in [1.165, 1.54) is 11.3 Å². The molecule has 10 nitrogen and oxygen atoms in total. The number of aryl methyl sites for hydroxylation is 1. The molecule has 2 aliphatic rings. The van der Waals surface area contributed by atoms with E-state index in [1.54, 1.807) is 11.8 Å². The van der Waals surface area contributed by atoms with Gasteiger partial charge in [0.1, 0.15) is 21.5 Å². The molecule has 0 bridgehead atoms. The van der Waals surface area contributed by atoms with Crippen molar-refractivity contribution in [2.45, 2.75) is 58.5 Å². The molecule has 0 unspecified atom stereocenters. The van der Waals surface area contributed by atoms with Crippen molar-refractivity contribution in [3.05, 3.63) is 58.9 Å². The highest BCUT2D eigenvalue weighted by Gasteiger charge is 2.41. The summed E-state index contributed by atoms with van der Waals surface area (Å²) in [5, 5.41) is 14.3. The maximum Gasteiger partial charge on any atom is 0.258 e. The highest BCUT2D eigenvalue weighted by atomic mass is 32.1. The van der Waals surface area contributed by atoms with Crippen LogP contribution >= 0.6 is 11.3 Å². The largest absolute Gasteiger partial charge is 0.457 e. The Kier molecular flexibility index (Phi) is 7.05. The SMILES string of the molecule is CCN(Cc1ccc(-c2nc([C@H]3CC(=O)N(C4CC4)C3)no2)cc1Oc1ccc(-c2nnc(C)s2)cc1)C(C)=O. The zero-order chi connectivity index (χ0) is 27.8. The van der Waals surface area contributed by atoms with Crippen LogP contribution in [-0.4, -0.2) is 61.1 Å². The second kappa shape index (κ2) is 10.8. The molecule has 1 saturated carbocycles. The van der Waals surface area contributed by atoms with Gasteiger partial charge in [0, 0.05) is 61.6 Å². The summed E-state index contributed by atoms with van der Waals surface area (Å²) in [6.45, 7) is 7.06. The van der Waals surface area contributed by atoms with Crippen molar-refractivity contribution in [1.29, 1.82) is 0 Å². The fourth-order valence-corrected chi connectivity index (χ4v) is 5.63. The Morgan fingerprint density at radius 3 is 2.60 bits per heavy atom. The van der Waals surface area contributed by atoms with Crippen LogP contribution in [0.4, 0.5) is 0 Å². The molecule has 1 aliphatic heterocycles. The van der Waals surface area contributed by atoms with Crippen LogP contribution in [0, 0.1) is 6.92 Å². The molecule has 40 heavy (non-hydrogen) atoms. The first-order valence-electron chi connectivity index (χ1n) is 13.5. The van der Waals surface area contributed by atoms with Crippen molar-refractivity contribution in [1.82, 2.24) is 30.1 Å². The van der Waals surface area contributed by atoms with Crippen molar-refractivity contribution in [3.63, 3.8) is 0 Å². The van der Waals surface area contributed by atoms with E-state index in [2.05, 4.69) is 20.3 Å². The van der Waals surface area contributed by atoms with Crippen molar-refractivity contribution in [3.8, 4) is 33.5 Å². The monoisotopic (exact) mass is 558 g/mol. The maximum absolute atomic E-state index is 12.4. The van der Waals surface area contributed by atoms with Crippen LogP contribution in [0.15, 0.2) is 47.0 Å². The first kappa shape index (κ1) is 26.1. The van der Waals surface area contributed by atoms with Crippen molar-refractivity contribution in [2.75, 3.05) is 13.1 Å². The molecule has 2 amide bonds. The maximum atomic E-state index is 12.4. The van der Waals surface area contributed by atoms with Crippen LogP contribution in [0.25, 0.3) is 22.0 Å². The van der Waals surface area contributed by atoms with E-state index < -0.39 is 0 Å². The van der Waals surface area contributed by atoms with Gasteiger partial charge < -0.3 is 19.1 Å². The molecule has 4 aromatic rings. The van der Waals surface area contributed by atoms with E-state index in [0.29, 0.717) is 60.9 Å². The summed E-state index contributed by atoms with van der Waals surface area (Å²) in [5.41, 5.74) is 2.52. The van der Waals surface area contributed by atoms with E-state index >= 15 is 0 Å². The molecule has 3 heterocycles. The van der Waals surface area contributed by atoms with Gasteiger partial charge in [-0.1, -0.05) is 22.6 Å². The fraction of sp³-hybridized carbons (Fsp3) is 0.379. The van der Waals surface area contributed by atoms with E-state index in [-0.39, 0.29) is 17.7 Å². The van der Waals surface area contributed by atoms with Crippen LogP contribution in [0.5, 0.6) is 11.5 Å². The van der Waals surface area contributed by atoms with Gasteiger partial charge >= 0.3 is 0 Å². The van der Waals surface area contributed by atoms with Crippen LogP contribution in [0.3, 0.4) is 0 Å². The molecule has 0 radical (unpaired) electrons. The summed E-state index contributed by atoms with van der Waals surface area (Å²) in [6, 6.07) is 13.7. The third-order valence-electron chi connectivity index (χ3n) is 7.31. The summed E-state index contributed by atoms with van der Waals surface area (Å²) in [5.74, 6) is 2.24. The molecule has 2 aromatic carbocycles. The van der Waals surface area contributed by atoms with Gasteiger partial charge in [-0.05, 0) is 63.1 Å². The van der Waals surface area contributed by atoms with Gasteiger partial charge in [-0.3, -0.25) is 9.59 Å². The molecule has 2 fully saturated rings. The summed E-state index contributed by atoms with van der Waals surface area (Å²) < 4.78 is 12.0. The number of nitrogens with zero attached hydrogens (tertiary/aromatic N) is 6. The molecular formula is C29H30N6O4S. The summed E-state index contributed by atoms with van der Waals surface area (Å²) in [6.07, 6.45) is 2.57. The normalized spacial score (nSPS) is 16.9. The first-order valence-corrected chi connectivity index (χ1v) is 14.3. The van der Waals surface area contributed by atoms with Gasteiger partial charge in [-0.25, -0.2) is 0 Å². The number of aromatic nitrogens is 4. The Balaban J connectivity index is 1.26. The second-order valence-corrected chi connectivity index (χ2v) is 11.4. The van der Waals surface area contributed by atoms with Crippen LogP contribution < -0.4 is 4.74 Å². The molecule has 1 atom stereocenters. The Labute approximate surface area is 236 Å². The fourth-order valence-electron chi connectivity index (χ4n) is 4.93. The molecule has 1 aliphatic carbocycles. The minimum Gasteiger partial charge on any atom is -0.457 e. The van der Waals surface area contributed by atoms with Crippen LogP contribution in [-0.2, 0) is 16.1 Å². The van der Waals surface area contributed by atoms with Gasteiger partial charge in [0.2, 0.25) is 11.8 Å². The zero-order valence-electron chi connectivity index (χ0n) is 22.7. The molecule has 2 aromatic heterocycles. The van der Waals surface area contributed by atoms with E-state index in [0.717, 1.165) is 34.0 Å². The van der Waals surface area contributed by atoms with Crippen LogP contribution in [0.2, 0.25) is 0 Å². The Bertz CT molecular complexity index is 1540. The Morgan fingerprint density at radius 1 is 1.15 bits per heavy atom. The molecular weight excluding hydrogens is 528 g/mol. The van der Waals surface area contributed by atoms with Gasteiger partial charge in [0.25, 0.3) is 5.89 Å². The zero-order valence-corrected chi connectivity index (χ0v) is 23.5. The molecule has 1 saturated heterocycles. The number of benzene rings is 2. The number of ether oxygens (including phenoxy) is 1. The Morgan fingerprint density at radius 2 is 1.93 bits per heavy atom. The highest BCUT2D eigenvalue weighted by Crippen LogP contribution is 2.37. The molecule has 6 rings (SSSR count). The predicted octanol–water partition coefficient (Wildman–Crippen LogP) is 5.20. The number of carbonyl (C=O) groups is 2. The van der Waals surface area contributed by atoms with Gasteiger partial charge in [-0.2, -0.15) is 4.98 Å². The Hall–Kier alpha value is -4.12. The molecule has 0 N–H and O–H groups in total. The van der Waals surface area contributed by atoms with Crippen molar-refractivity contribution < 1.29 is 18.8 Å². The smallest absolute Gasteiger partial charge is 0.258 e. The lowest BCUT2D eigenvalue weighted by Gasteiger charge is -2.21. The summed E-state index contributed by atoms with van der Waals surface area (Å²) in [4.78, 5) is 32.9. The third kappa shape index (κ3) is 5.46. The molecule has 206 valence electrons. The van der Waals surface area contributed by atoms with Gasteiger partial charge in [0.15, 0.2) is 5.82 Å². The first-order chi connectivity index (χ1) is 19.4. The molecule has 11 heteroatoms. The summed E-state index contributed by atoms with van der Waals surface area (Å²) in [7, 11) is 0.